The van der Waals surface area contributed by atoms with Crippen LogP contribution in [0.1, 0.15) is 23.2 Å². The number of carbonyl (C=O) groups is 1. The summed E-state index contributed by atoms with van der Waals surface area (Å²) in [6.07, 6.45) is 2.18. The summed E-state index contributed by atoms with van der Waals surface area (Å²) in [5, 5.41) is 1.83. The highest BCUT2D eigenvalue weighted by Gasteiger charge is 2.12. The number of rotatable bonds is 5. The van der Waals surface area contributed by atoms with Gasteiger partial charge in [-0.25, -0.2) is 9.78 Å². The van der Waals surface area contributed by atoms with Crippen molar-refractivity contribution in [2.24, 2.45) is 0 Å². The lowest BCUT2D eigenvalue weighted by Crippen LogP contribution is -2.22. The summed E-state index contributed by atoms with van der Waals surface area (Å²) < 4.78 is 12.5. The largest absolute Gasteiger partial charge is 0.458 e. The highest BCUT2D eigenvalue weighted by atomic mass is 32.1. The number of aryl methyl sites for hydroxylation is 1. The van der Waals surface area contributed by atoms with Gasteiger partial charge in [0.2, 0.25) is 5.76 Å². The number of hydrogen-bond donors (Lipinski definition) is 0. The minimum absolute atomic E-state index is 0.0828. The fourth-order valence-electron chi connectivity index (χ4n) is 2.02. The van der Waals surface area contributed by atoms with Gasteiger partial charge in [0.15, 0.2) is 0 Å². The lowest BCUT2D eigenvalue weighted by Gasteiger charge is -2.05. The smallest absolute Gasteiger partial charge is 0.374 e. The van der Waals surface area contributed by atoms with Gasteiger partial charge in [-0.1, -0.05) is 6.92 Å². The molecule has 0 spiro atoms. The predicted molar refractivity (Wildman–Crippen MR) is 82.2 cm³/mol. The van der Waals surface area contributed by atoms with Crippen LogP contribution in [-0.4, -0.2) is 22.1 Å². The molecule has 3 aromatic heterocycles. The molecule has 0 saturated heterocycles. The topological polar surface area (TPSA) is 74.3 Å². The fraction of sp³-hybridized carbons (Fsp3) is 0.267. The van der Waals surface area contributed by atoms with E-state index in [-0.39, 0.29) is 24.5 Å². The molecule has 0 amide bonds. The van der Waals surface area contributed by atoms with Crippen molar-refractivity contribution in [3.05, 3.63) is 51.8 Å². The Morgan fingerprint density at radius 2 is 2.27 bits per heavy atom. The van der Waals surface area contributed by atoms with Gasteiger partial charge in [0, 0.05) is 6.42 Å². The van der Waals surface area contributed by atoms with Gasteiger partial charge in [0.1, 0.15) is 17.1 Å². The zero-order chi connectivity index (χ0) is 15.5. The minimum Gasteiger partial charge on any atom is -0.458 e. The van der Waals surface area contributed by atoms with E-state index < -0.39 is 5.97 Å². The molecule has 0 aliphatic heterocycles. The first-order chi connectivity index (χ1) is 10.7. The molecule has 0 radical (unpaired) electrons. The van der Waals surface area contributed by atoms with E-state index >= 15 is 0 Å². The average molecular weight is 318 g/mol. The zero-order valence-corrected chi connectivity index (χ0v) is 12.8. The maximum Gasteiger partial charge on any atom is 0.374 e. The van der Waals surface area contributed by atoms with Crippen LogP contribution in [0.2, 0.25) is 0 Å². The van der Waals surface area contributed by atoms with Crippen LogP contribution in [0.25, 0.3) is 10.2 Å². The average Bonchev–Trinajstić information content (AvgIpc) is 3.18. The number of hydrogen-bond acceptors (Lipinski definition) is 6. The highest BCUT2D eigenvalue weighted by molar-refractivity contribution is 7.17. The third kappa shape index (κ3) is 2.80. The molecule has 0 N–H and O–H groups in total. The van der Waals surface area contributed by atoms with Crippen LogP contribution in [0, 0.1) is 0 Å². The van der Waals surface area contributed by atoms with Gasteiger partial charge in [-0.2, -0.15) is 0 Å². The lowest BCUT2D eigenvalue weighted by atomic mass is 10.3. The van der Waals surface area contributed by atoms with Gasteiger partial charge in [-0.15, -0.1) is 11.3 Å². The molecule has 114 valence electrons. The molecular weight excluding hydrogens is 304 g/mol. The summed E-state index contributed by atoms with van der Waals surface area (Å²) in [6, 6.07) is 5.14. The van der Waals surface area contributed by atoms with Crippen molar-refractivity contribution in [2.75, 3.05) is 6.61 Å². The SMILES string of the molecule is CCc1ccc(C(=O)OCCn2cnc3ccsc3c2=O)o1. The van der Waals surface area contributed by atoms with E-state index in [0.29, 0.717) is 10.2 Å². The Kier molecular flexibility index (Phi) is 4.06. The van der Waals surface area contributed by atoms with E-state index in [2.05, 4.69) is 4.98 Å². The Hall–Kier alpha value is -2.41. The Morgan fingerprint density at radius 3 is 3.05 bits per heavy atom. The van der Waals surface area contributed by atoms with E-state index in [9.17, 15) is 9.59 Å². The normalized spacial score (nSPS) is 11.0. The molecule has 0 bridgehead atoms. The fourth-order valence-corrected chi connectivity index (χ4v) is 2.82. The minimum atomic E-state index is -0.530. The van der Waals surface area contributed by atoms with Crippen LogP contribution < -0.4 is 5.56 Å². The number of carbonyl (C=O) groups excluding carboxylic acids is 1. The van der Waals surface area contributed by atoms with E-state index in [1.165, 1.54) is 22.2 Å². The van der Waals surface area contributed by atoms with Crippen molar-refractivity contribution in [1.29, 1.82) is 0 Å². The van der Waals surface area contributed by atoms with Gasteiger partial charge in [-0.05, 0) is 23.6 Å². The molecule has 0 unspecified atom stereocenters. The number of fused-ring (bicyclic) bond motifs is 1. The maximum atomic E-state index is 12.2. The number of thiophene rings is 1. The van der Waals surface area contributed by atoms with Crippen LogP contribution >= 0.6 is 11.3 Å². The van der Waals surface area contributed by atoms with Crippen molar-refractivity contribution in [1.82, 2.24) is 9.55 Å². The lowest BCUT2D eigenvalue weighted by molar-refractivity contribution is 0.0452. The monoisotopic (exact) mass is 318 g/mol. The molecule has 7 heteroatoms. The van der Waals surface area contributed by atoms with E-state index in [4.69, 9.17) is 9.15 Å². The Labute approximate surface area is 130 Å². The number of nitrogens with zero attached hydrogens (tertiary/aromatic N) is 2. The van der Waals surface area contributed by atoms with Crippen LogP contribution in [0.4, 0.5) is 0 Å². The van der Waals surface area contributed by atoms with Gasteiger partial charge in [0.05, 0.1) is 18.4 Å². The molecule has 3 rings (SSSR count). The van der Waals surface area contributed by atoms with Gasteiger partial charge >= 0.3 is 5.97 Å². The summed E-state index contributed by atoms with van der Waals surface area (Å²) in [4.78, 5) is 28.1. The van der Waals surface area contributed by atoms with E-state index in [1.807, 2.05) is 12.3 Å². The predicted octanol–water partition coefficient (Wildman–Crippen LogP) is 2.47. The Balaban J connectivity index is 1.63. The molecular formula is C15H14N2O4S. The Morgan fingerprint density at radius 1 is 1.41 bits per heavy atom. The summed E-state index contributed by atoms with van der Waals surface area (Å²) in [7, 11) is 0. The third-order valence-electron chi connectivity index (χ3n) is 3.21. The molecule has 0 aliphatic rings. The molecule has 0 saturated carbocycles. The summed E-state index contributed by atoms with van der Waals surface area (Å²) >= 11 is 1.35. The molecule has 3 heterocycles. The molecule has 0 aromatic carbocycles. The molecule has 3 aromatic rings. The van der Waals surface area contributed by atoms with E-state index in [1.54, 1.807) is 18.2 Å². The van der Waals surface area contributed by atoms with Crippen LogP contribution in [-0.2, 0) is 17.7 Å². The number of aromatic nitrogens is 2. The molecule has 0 fully saturated rings. The number of furan rings is 1. The van der Waals surface area contributed by atoms with Crippen LogP contribution in [0.3, 0.4) is 0 Å². The van der Waals surface area contributed by atoms with Gasteiger partial charge in [0.25, 0.3) is 5.56 Å². The van der Waals surface area contributed by atoms with Gasteiger partial charge in [-0.3, -0.25) is 9.36 Å². The van der Waals surface area contributed by atoms with Crippen molar-refractivity contribution in [3.8, 4) is 0 Å². The quantitative estimate of drug-likeness (QED) is 0.676. The first kappa shape index (κ1) is 14.5. The molecule has 6 nitrogen and oxygen atoms in total. The zero-order valence-electron chi connectivity index (χ0n) is 11.9. The van der Waals surface area contributed by atoms with Crippen molar-refractivity contribution in [3.63, 3.8) is 0 Å². The summed E-state index contributed by atoms with van der Waals surface area (Å²) in [6.45, 7) is 2.28. The molecule has 0 aliphatic carbocycles. The van der Waals surface area contributed by atoms with Crippen molar-refractivity contribution < 1.29 is 13.9 Å². The second kappa shape index (κ2) is 6.15. The van der Waals surface area contributed by atoms with E-state index in [0.717, 1.165) is 12.2 Å². The van der Waals surface area contributed by atoms with Crippen molar-refractivity contribution in [2.45, 2.75) is 19.9 Å². The summed E-state index contributed by atoms with van der Waals surface area (Å²) in [5.74, 6) is 0.379. The first-order valence-corrected chi connectivity index (χ1v) is 7.75. The molecule has 0 atom stereocenters. The van der Waals surface area contributed by atoms with Crippen LogP contribution in [0.5, 0.6) is 0 Å². The first-order valence-electron chi connectivity index (χ1n) is 6.87. The van der Waals surface area contributed by atoms with Gasteiger partial charge < -0.3 is 9.15 Å². The summed E-state index contributed by atoms with van der Waals surface area (Å²) in [5.41, 5.74) is 0.563. The highest BCUT2D eigenvalue weighted by Crippen LogP contribution is 2.13. The second-order valence-corrected chi connectivity index (χ2v) is 5.55. The van der Waals surface area contributed by atoms with Crippen molar-refractivity contribution >= 4 is 27.5 Å². The van der Waals surface area contributed by atoms with Crippen LogP contribution in [0.15, 0.2) is 39.1 Å². The maximum absolute atomic E-state index is 12.2. The second-order valence-electron chi connectivity index (χ2n) is 4.63. The third-order valence-corrected chi connectivity index (χ3v) is 4.10. The Bertz CT molecular complexity index is 862. The standard InChI is InChI=1S/C15H14N2O4S/c1-2-10-3-4-12(21-10)15(19)20-7-6-17-9-16-11-5-8-22-13(11)14(17)18/h3-5,8-9H,2,6-7H2,1H3. The molecule has 22 heavy (non-hydrogen) atoms. The number of esters is 1. The number of ether oxygens (including phenoxy) is 1.